The van der Waals surface area contributed by atoms with Gasteiger partial charge in [-0.3, -0.25) is 4.99 Å². The second-order valence-corrected chi connectivity index (χ2v) is 6.98. The highest BCUT2D eigenvalue weighted by molar-refractivity contribution is 7.07. The smallest absolute Gasteiger partial charge is 0.191 e. The highest BCUT2D eigenvalue weighted by Crippen LogP contribution is 2.13. The molecule has 0 atom stereocenters. The summed E-state index contributed by atoms with van der Waals surface area (Å²) in [4.78, 5) is 6.46. The van der Waals surface area contributed by atoms with E-state index in [4.69, 9.17) is 9.47 Å². The van der Waals surface area contributed by atoms with Crippen molar-refractivity contribution >= 4 is 17.3 Å². The van der Waals surface area contributed by atoms with Crippen LogP contribution in [0.25, 0.3) is 0 Å². The van der Waals surface area contributed by atoms with E-state index >= 15 is 0 Å². The lowest BCUT2D eigenvalue weighted by Gasteiger charge is -2.16. The second kappa shape index (κ2) is 12.3. The Morgan fingerprint density at radius 3 is 2.59 bits per heavy atom. The topological polar surface area (TPSA) is 58.1 Å². The largest absolute Gasteiger partial charge is 0.492 e. The van der Waals surface area contributed by atoms with Crippen molar-refractivity contribution in [3.63, 3.8) is 0 Å². The first-order valence-electron chi connectivity index (χ1n) is 9.06. The van der Waals surface area contributed by atoms with Gasteiger partial charge in [0.05, 0.1) is 6.61 Å². The Morgan fingerprint density at radius 2 is 1.89 bits per heavy atom. The van der Waals surface area contributed by atoms with Crippen molar-refractivity contribution in [2.24, 2.45) is 4.99 Å². The monoisotopic (exact) mass is 390 g/mol. The molecule has 7 heteroatoms. The van der Waals surface area contributed by atoms with E-state index in [1.54, 1.807) is 25.5 Å². The Morgan fingerprint density at radius 1 is 1.11 bits per heavy atom. The quantitative estimate of drug-likeness (QED) is 0.456. The van der Waals surface area contributed by atoms with Crippen molar-refractivity contribution < 1.29 is 9.47 Å². The molecule has 1 heterocycles. The molecule has 0 bridgehead atoms. The number of nitrogens with one attached hydrogen (secondary N) is 2. The SMILES string of the molecule is CN=C(NCc1ccsc1)NCc1cccc(OCCN(C)CCOC)c1. The van der Waals surface area contributed by atoms with Gasteiger partial charge in [-0.15, -0.1) is 0 Å². The summed E-state index contributed by atoms with van der Waals surface area (Å²) in [5, 5.41) is 10.9. The van der Waals surface area contributed by atoms with Crippen molar-refractivity contribution in [2.45, 2.75) is 13.1 Å². The summed E-state index contributed by atoms with van der Waals surface area (Å²) in [5.41, 5.74) is 2.41. The highest BCUT2D eigenvalue weighted by Gasteiger charge is 2.02. The molecule has 1 aromatic carbocycles. The van der Waals surface area contributed by atoms with Crippen LogP contribution in [0.1, 0.15) is 11.1 Å². The molecule has 1 aromatic heterocycles. The van der Waals surface area contributed by atoms with Gasteiger partial charge in [0.1, 0.15) is 12.4 Å². The lowest BCUT2D eigenvalue weighted by Crippen LogP contribution is -2.36. The van der Waals surface area contributed by atoms with Gasteiger partial charge < -0.3 is 25.0 Å². The van der Waals surface area contributed by atoms with Gasteiger partial charge in [-0.05, 0) is 47.1 Å². The van der Waals surface area contributed by atoms with Crippen molar-refractivity contribution in [1.29, 1.82) is 0 Å². The van der Waals surface area contributed by atoms with E-state index in [1.807, 2.05) is 12.1 Å². The molecule has 0 amide bonds. The molecule has 0 aliphatic rings. The van der Waals surface area contributed by atoms with E-state index in [-0.39, 0.29) is 0 Å². The Balaban J connectivity index is 1.73. The van der Waals surface area contributed by atoms with E-state index < -0.39 is 0 Å². The summed E-state index contributed by atoms with van der Waals surface area (Å²) >= 11 is 1.70. The minimum absolute atomic E-state index is 0.654. The van der Waals surface area contributed by atoms with E-state index in [0.717, 1.165) is 43.5 Å². The maximum atomic E-state index is 5.87. The third-order valence-corrected chi connectivity index (χ3v) is 4.77. The Kier molecular flexibility index (Phi) is 9.68. The van der Waals surface area contributed by atoms with E-state index in [0.29, 0.717) is 13.2 Å². The maximum Gasteiger partial charge on any atom is 0.191 e. The van der Waals surface area contributed by atoms with Crippen LogP contribution < -0.4 is 15.4 Å². The number of guanidine groups is 1. The van der Waals surface area contributed by atoms with Gasteiger partial charge >= 0.3 is 0 Å². The van der Waals surface area contributed by atoms with Crippen LogP contribution in [-0.2, 0) is 17.8 Å². The zero-order chi connectivity index (χ0) is 19.3. The van der Waals surface area contributed by atoms with Gasteiger partial charge in [-0.1, -0.05) is 12.1 Å². The van der Waals surface area contributed by atoms with Gasteiger partial charge in [-0.2, -0.15) is 11.3 Å². The Bertz CT molecular complexity index is 676. The van der Waals surface area contributed by atoms with E-state index in [1.165, 1.54) is 5.56 Å². The first-order chi connectivity index (χ1) is 13.2. The van der Waals surface area contributed by atoms with E-state index in [9.17, 15) is 0 Å². The number of ether oxygens (including phenoxy) is 2. The second-order valence-electron chi connectivity index (χ2n) is 6.20. The third kappa shape index (κ3) is 8.43. The Hall–Kier alpha value is -2.09. The molecule has 0 saturated heterocycles. The van der Waals surface area contributed by atoms with Gasteiger partial charge in [0.25, 0.3) is 0 Å². The number of hydrogen-bond acceptors (Lipinski definition) is 5. The molecule has 6 nitrogen and oxygen atoms in total. The number of rotatable bonds is 11. The molecule has 0 fully saturated rings. The molecule has 0 saturated carbocycles. The zero-order valence-corrected chi connectivity index (χ0v) is 17.2. The maximum absolute atomic E-state index is 5.87. The summed E-state index contributed by atoms with van der Waals surface area (Å²) in [7, 11) is 5.57. The number of nitrogens with zero attached hydrogens (tertiary/aromatic N) is 2. The lowest BCUT2D eigenvalue weighted by atomic mass is 10.2. The summed E-state index contributed by atoms with van der Waals surface area (Å²) in [6.45, 7) is 4.61. The lowest BCUT2D eigenvalue weighted by molar-refractivity contribution is 0.150. The van der Waals surface area contributed by atoms with Crippen LogP contribution in [0.3, 0.4) is 0 Å². The Labute approximate surface area is 166 Å². The van der Waals surface area contributed by atoms with Crippen molar-refractivity contribution in [1.82, 2.24) is 15.5 Å². The van der Waals surface area contributed by atoms with Gasteiger partial charge in [0, 0.05) is 40.3 Å². The fraction of sp³-hybridized carbons (Fsp3) is 0.450. The molecular formula is C20H30N4O2S. The summed E-state index contributed by atoms with van der Waals surface area (Å²) in [5.74, 6) is 1.67. The summed E-state index contributed by atoms with van der Waals surface area (Å²) in [6.07, 6.45) is 0. The predicted octanol–water partition coefficient (Wildman–Crippen LogP) is 2.57. The highest BCUT2D eigenvalue weighted by atomic mass is 32.1. The summed E-state index contributed by atoms with van der Waals surface area (Å²) < 4.78 is 11.0. The molecule has 2 aromatic rings. The van der Waals surface area contributed by atoms with Gasteiger partial charge in [-0.25, -0.2) is 0 Å². The fourth-order valence-electron chi connectivity index (χ4n) is 2.41. The van der Waals surface area contributed by atoms with Crippen molar-refractivity contribution in [3.8, 4) is 5.75 Å². The van der Waals surface area contributed by atoms with Crippen molar-refractivity contribution in [2.75, 3.05) is 47.5 Å². The zero-order valence-electron chi connectivity index (χ0n) is 16.4. The fourth-order valence-corrected chi connectivity index (χ4v) is 3.08. The van der Waals surface area contributed by atoms with E-state index in [2.05, 4.69) is 56.5 Å². The van der Waals surface area contributed by atoms with Crippen LogP contribution in [0.2, 0.25) is 0 Å². The molecule has 148 valence electrons. The average Bonchev–Trinajstić information content (AvgIpc) is 3.20. The molecule has 27 heavy (non-hydrogen) atoms. The number of hydrogen-bond donors (Lipinski definition) is 2. The standard InChI is InChI=1S/C20H30N4O2S/c1-21-20(23-15-18-7-12-27-16-18)22-14-17-5-4-6-19(13-17)26-11-9-24(2)8-10-25-3/h4-7,12-13,16H,8-11,14-15H2,1-3H3,(H2,21,22,23). The normalized spacial score (nSPS) is 11.6. The van der Waals surface area contributed by atoms with Crippen LogP contribution in [0.4, 0.5) is 0 Å². The molecule has 0 unspecified atom stereocenters. The minimum atomic E-state index is 0.654. The molecular weight excluding hydrogens is 360 g/mol. The third-order valence-electron chi connectivity index (χ3n) is 4.04. The number of benzene rings is 1. The molecule has 2 N–H and O–H groups in total. The van der Waals surface area contributed by atoms with Gasteiger partial charge in [0.2, 0.25) is 0 Å². The van der Waals surface area contributed by atoms with Crippen LogP contribution in [0.15, 0.2) is 46.1 Å². The van der Waals surface area contributed by atoms with Gasteiger partial charge in [0.15, 0.2) is 5.96 Å². The first kappa shape index (κ1) is 21.2. The number of methoxy groups -OCH3 is 1. The summed E-state index contributed by atoms with van der Waals surface area (Å²) in [6, 6.07) is 10.3. The van der Waals surface area contributed by atoms with Crippen LogP contribution in [0, 0.1) is 0 Å². The molecule has 2 rings (SSSR count). The number of thiophene rings is 1. The molecule has 0 aliphatic carbocycles. The number of aliphatic imine (C=N–C) groups is 1. The number of likely N-dealkylation sites (N-methyl/N-ethyl adjacent to an activating group) is 1. The average molecular weight is 391 g/mol. The van der Waals surface area contributed by atoms with Crippen LogP contribution in [-0.4, -0.2) is 58.4 Å². The first-order valence-corrected chi connectivity index (χ1v) is 10.0. The van der Waals surface area contributed by atoms with Crippen LogP contribution >= 0.6 is 11.3 Å². The minimum Gasteiger partial charge on any atom is -0.492 e. The predicted molar refractivity (Wildman–Crippen MR) is 113 cm³/mol. The van der Waals surface area contributed by atoms with Crippen molar-refractivity contribution in [3.05, 3.63) is 52.2 Å². The molecule has 0 radical (unpaired) electrons. The molecule has 0 aliphatic heterocycles. The van der Waals surface area contributed by atoms with Crippen LogP contribution in [0.5, 0.6) is 5.75 Å². The molecule has 0 spiro atoms.